The molecule has 2 aromatic rings. The van der Waals surface area contributed by atoms with Crippen LogP contribution in [0.3, 0.4) is 0 Å². The molecule has 1 aromatic carbocycles. The van der Waals surface area contributed by atoms with Gasteiger partial charge in [0.2, 0.25) is 0 Å². The second-order valence-corrected chi connectivity index (χ2v) is 3.85. The predicted octanol–water partition coefficient (Wildman–Crippen LogP) is 2.67. The lowest BCUT2D eigenvalue weighted by molar-refractivity contribution is -0.107. The van der Waals surface area contributed by atoms with Gasteiger partial charge in [-0.05, 0) is 6.07 Å². The average Bonchev–Trinajstić information content (AvgIpc) is 2.61. The third-order valence-electron chi connectivity index (χ3n) is 2.05. The predicted molar refractivity (Wildman–Crippen MR) is 56.8 cm³/mol. The summed E-state index contributed by atoms with van der Waals surface area (Å²) >= 11 is 1.53. The summed E-state index contributed by atoms with van der Waals surface area (Å²) in [5, 5.41) is 2.76. The molecule has 1 aromatic heterocycles. The van der Waals surface area contributed by atoms with Gasteiger partial charge in [-0.15, -0.1) is 11.3 Å². The molecule has 3 heteroatoms. The Morgan fingerprint density at radius 3 is 2.93 bits per heavy atom. The van der Waals surface area contributed by atoms with E-state index in [1.807, 2.05) is 29.6 Å². The van der Waals surface area contributed by atoms with Crippen LogP contribution in [0.5, 0.6) is 0 Å². The number of ketones is 1. The summed E-state index contributed by atoms with van der Waals surface area (Å²) in [7, 11) is 0. The largest absolute Gasteiger partial charge is 0.303 e. The summed E-state index contributed by atoms with van der Waals surface area (Å²) in [6.45, 7) is 0. The molecule has 0 atom stereocenters. The van der Waals surface area contributed by atoms with Gasteiger partial charge in [0.25, 0.3) is 0 Å². The van der Waals surface area contributed by atoms with E-state index < -0.39 is 0 Å². The fraction of sp³-hybridized carbons (Fsp3) is 0.0909. The molecule has 14 heavy (non-hydrogen) atoms. The number of aldehydes is 1. The van der Waals surface area contributed by atoms with Gasteiger partial charge in [-0.1, -0.05) is 18.2 Å². The molecule has 0 amide bonds. The van der Waals surface area contributed by atoms with Crippen molar-refractivity contribution in [3.8, 4) is 0 Å². The zero-order chi connectivity index (χ0) is 9.97. The molecule has 2 nitrogen and oxygen atoms in total. The number of thiophene rings is 1. The molecular formula is C11H8O2S. The van der Waals surface area contributed by atoms with Crippen LogP contribution in [-0.2, 0) is 4.79 Å². The standard InChI is InChI=1S/C11H8O2S/c12-6-5-10(13)9-7-14-11-4-2-1-3-8(9)11/h1-4,6-7H,5H2. The quantitative estimate of drug-likeness (QED) is 0.437. The van der Waals surface area contributed by atoms with E-state index >= 15 is 0 Å². The molecule has 0 fully saturated rings. The number of carbonyl (C=O) groups is 2. The molecule has 0 aliphatic heterocycles. The molecule has 0 aliphatic carbocycles. The lowest BCUT2D eigenvalue weighted by atomic mass is 10.1. The Bertz CT molecular complexity index is 485. The highest BCUT2D eigenvalue weighted by Gasteiger charge is 2.10. The van der Waals surface area contributed by atoms with Gasteiger partial charge in [-0.2, -0.15) is 0 Å². The van der Waals surface area contributed by atoms with Crippen molar-refractivity contribution >= 4 is 33.5 Å². The maximum atomic E-state index is 11.5. The molecule has 0 N–H and O–H groups in total. The van der Waals surface area contributed by atoms with Crippen LogP contribution in [0.1, 0.15) is 16.8 Å². The van der Waals surface area contributed by atoms with Crippen LogP contribution in [0.4, 0.5) is 0 Å². The molecule has 0 radical (unpaired) electrons. The van der Waals surface area contributed by atoms with Gasteiger partial charge < -0.3 is 4.79 Å². The van der Waals surface area contributed by atoms with Crippen LogP contribution < -0.4 is 0 Å². The topological polar surface area (TPSA) is 34.1 Å². The molecule has 0 spiro atoms. The van der Waals surface area contributed by atoms with Crippen LogP contribution in [0.15, 0.2) is 29.6 Å². The number of hydrogen-bond acceptors (Lipinski definition) is 3. The van der Waals surface area contributed by atoms with E-state index in [1.165, 1.54) is 11.3 Å². The molecule has 0 unspecified atom stereocenters. The normalized spacial score (nSPS) is 10.3. The highest BCUT2D eigenvalue weighted by molar-refractivity contribution is 7.17. The average molecular weight is 204 g/mol. The van der Waals surface area contributed by atoms with Gasteiger partial charge in [0.05, 0.1) is 6.42 Å². The summed E-state index contributed by atoms with van der Waals surface area (Å²) in [5.74, 6) is -0.0996. The Kier molecular flexibility index (Phi) is 2.41. The number of Topliss-reactive ketones (excluding diaryl/α,β-unsaturated/α-hetero) is 1. The van der Waals surface area contributed by atoms with Crippen LogP contribution in [0, 0.1) is 0 Å². The van der Waals surface area contributed by atoms with Crippen LogP contribution >= 0.6 is 11.3 Å². The van der Waals surface area contributed by atoms with Crippen molar-refractivity contribution in [3.63, 3.8) is 0 Å². The van der Waals surface area contributed by atoms with Crippen LogP contribution in [0.2, 0.25) is 0 Å². The highest BCUT2D eigenvalue weighted by Crippen LogP contribution is 2.26. The Balaban J connectivity index is 2.52. The Labute approximate surface area is 85.2 Å². The first kappa shape index (κ1) is 9.09. The molecular weight excluding hydrogens is 196 g/mol. The first-order valence-electron chi connectivity index (χ1n) is 4.26. The van der Waals surface area contributed by atoms with Crippen LogP contribution in [-0.4, -0.2) is 12.1 Å². The lowest BCUT2D eigenvalue weighted by Gasteiger charge is -1.93. The minimum atomic E-state index is -0.0996. The summed E-state index contributed by atoms with van der Waals surface area (Å²) in [4.78, 5) is 21.7. The van der Waals surface area contributed by atoms with Crippen molar-refractivity contribution in [1.82, 2.24) is 0 Å². The Hall–Kier alpha value is -1.48. The van der Waals surface area contributed by atoms with Gasteiger partial charge in [-0.25, -0.2) is 0 Å². The van der Waals surface area contributed by atoms with Crippen molar-refractivity contribution in [2.24, 2.45) is 0 Å². The fourth-order valence-corrected chi connectivity index (χ4v) is 2.34. The second-order valence-electron chi connectivity index (χ2n) is 2.94. The molecule has 0 saturated carbocycles. The summed E-state index contributed by atoms with van der Waals surface area (Å²) in [6.07, 6.45) is 0.621. The van der Waals surface area contributed by atoms with E-state index in [0.29, 0.717) is 11.8 Å². The first-order valence-corrected chi connectivity index (χ1v) is 5.14. The number of carbonyl (C=O) groups excluding carboxylic acids is 2. The zero-order valence-corrected chi connectivity index (χ0v) is 8.21. The van der Waals surface area contributed by atoms with Crippen molar-refractivity contribution in [3.05, 3.63) is 35.2 Å². The van der Waals surface area contributed by atoms with Gasteiger partial charge in [0.1, 0.15) is 6.29 Å². The SMILES string of the molecule is O=CCC(=O)c1csc2ccccc12. The minimum absolute atomic E-state index is 0.0271. The number of rotatable bonds is 3. The maximum absolute atomic E-state index is 11.5. The summed E-state index contributed by atoms with van der Waals surface area (Å²) in [5.41, 5.74) is 0.665. The van der Waals surface area contributed by atoms with Crippen molar-refractivity contribution in [2.75, 3.05) is 0 Å². The van der Waals surface area contributed by atoms with Gasteiger partial charge in [-0.3, -0.25) is 4.79 Å². The third kappa shape index (κ3) is 1.46. The molecule has 0 bridgehead atoms. The molecule has 2 rings (SSSR count). The summed E-state index contributed by atoms with van der Waals surface area (Å²) in [6, 6.07) is 7.71. The van der Waals surface area contributed by atoms with E-state index in [-0.39, 0.29) is 12.2 Å². The van der Waals surface area contributed by atoms with E-state index in [2.05, 4.69) is 0 Å². The number of fused-ring (bicyclic) bond motifs is 1. The van der Waals surface area contributed by atoms with Crippen molar-refractivity contribution in [2.45, 2.75) is 6.42 Å². The Morgan fingerprint density at radius 2 is 2.14 bits per heavy atom. The molecule has 0 aliphatic rings. The van der Waals surface area contributed by atoms with Gasteiger partial charge in [0.15, 0.2) is 5.78 Å². The molecule has 0 saturated heterocycles. The van der Waals surface area contributed by atoms with E-state index in [9.17, 15) is 9.59 Å². The third-order valence-corrected chi connectivity index (χ3v) is 3.01. The lowest BCUT2D eigenvalue weighted by Crippen LogP contribution is -1.97. The first-order chi connectivity index (χ1) is 6.83. The minimum Gasteiger partial charge on any atom is -0.303 e. The van der Waals surface area contributed by atoms with Crippen molar-refractivity contribution in [1.29, 1.82) is 0 Å². The fourth-order valence-electron chi connectivity index (χ4n) is 1.38. The zero-order valence-electron chi connectivity index (χ0n) is 7.40. The Morgan fingerprint density at radius 1 is 1.36 bits per heavy atom. The summed E-state index contributed by atoms with van der Waals surface area (Å²) < 4.78 is 1.08. The number of hydrogen-bond donors (Lipinski definition) is 0. The van der Waals surface area contributed by atoms with Gasteiger partial charge >= 0.3 is 0 Å². The molecule has 70 valence electrons. The van der Waals surface area contributed by atoms with E-state index in [1.54, 1.807) is 0 Å². The smallest absolute Gasteiger partial charge is 0.171 e. The van der Waals surface area contributed by atoms with E-state index in [4.69, 9.17) is 0 Å². The van der Waals surface area contributed by atoms with Crippen LogP contribution in [0.25, 0.3) is 10.1 Å². The maximum Gasteiger partial charge on any atom is 0.171 e. The number of benzene rings is 1. The second kappa shape index (κ2) is 3.72. The van der Waals surface area contributed by atoms with Gasteiger partial charge in [0, 0.05) is 21.0 Å². The van der Waals surface area contributed by atoms with E-state index in [0.717, 1.165) is 10.1 Å². The molecule has 1 heterocycles. The monoisotopic (exact) mass is 204 g/mol. The van der Waals surface area contributed by atoms with Crippen molar-refractivity contribution < 1.29 is 9.59 Å². The highest BCUT2D eigenvalue weighted by atomic mass is 32.1.